The van der Waals surface area contributed by atoms with E-state index in [9.17, 15) is 17.6 Å². The molecule has 5 rings (SSSR count). The third-order valence-electron chi connectivity index (χ3n) is 5.97. The predicted octanol–water partition coefficient (Wildman–Crippen LogP) is 5.21. The molecule has 5 nitrogen and oxygen atoms in total. The lowest BCUT2D eigenvalue weighted by molar-refractivity contribution is -0.126. The number of Topliss-reactive ketones (excluding diaryl/α,β-unsaturated/α-hetero) is 1. The van der Waals surface area contributed by atoms with Crippen LogP contribution >= 0.6 is 11.3 Å². The van der Waals surface area contributed by atoms with E-state index in [-0.39, 0.29) is 22.4 Å². The number of rotatable bonds is 5. The molecule has 0 bridgehead atoms. The molecule has 1 N–H and O–H groups in total. The highest BCUT2D eigenvalue weighted by Crippen LogP contribution is 2.39. The number of fused-ring (bicyclic) bond motifs is 1. The van der Waals surface area contributed by atoms with E-state index in [1.165, 1.54) is 28.6 Å². The Morgan fingerprint density at radius 2 is 1.82 bits per heavy atom. The van der Waals surface area contributed by atoms with Gasteiger partial charge in [-0.05, 0) is 61.4 Å². The van der Waals surface area contributed by atoms with Crippen LogP contribution in [0.1, 0.15) is 40.5 Å². The molecule has 0 radical (unpaired) electrons. The molecule has 0 saturated heterocycles. The molecule has 2 aromatic carbocycles. The lowest BCUT2D eigenvalue weighted by atomic mass is 9.95. The van der Waals surface area contributed by atoms with Gasteiger partial charge in [0.2, 0.25) is 0 Å². The molecule has 0 spiro atoms. The first-order valence-corrected chi connectivity index (χ1v) is 13.2. The van der Waals surface area contributed by atoms with Crippen LogP contribution in [0.2, 0.25) is 0 Å². The summed E-state index contributed by atoms with van der Waals surface area (Å²) >= 11 is 1.78. The lowest BCUT2D eigenvalue weighted by Crippen LogP contribution is -2.38. The van der Waals surface area contributed by atoms with Gasteiger partial charge in [-0.25, -0.2) is 4.39 Å². The molecule has 2 aliphatic rings. The number of carbonyl (C=O) groups excluding carboxylic acids is 1. The molecule has 1 aliphatic heterocycles. The molecule has 1 aliphatic carbocycles. The van der Waals surface area contributed by atoms with E-state index in [0.717, 1.165) is 37.9 Å². The first kappa shape index (κ1) is 23.8. The summed E-state index contributed by atoms with van der Waals surface area (Å²) in [6.45, 7) is 3.41. The fraction of sp³-hybridized carbons (Fsp3) is 0.320. The fourth-order valence-electron chi connectivity index (χ4n) is 4.02. The number of ketones is 1. The van der Waals surface area contributed by atoms with Crippen molar-refractivity contribution in [3.63, 3.8) is 0 Å². The van der Waals surface area contributed by atoms with Gasteiger partial charge in [-0.15, -0.1) is 11.3 Å². The third-order valence-corrected chi connectivity index (χ3v) is 7.86. The number of benzene rings is 2. The molecule has 1 atom stereocenters. The van der Waals surface area contributed by atoms with Gasteiger partial charge in [0.1, 0.15) is 5.82 Å². The van der Waals surface area contributed by atoms with Crippen molar-refractivity contribution in [2.75, 3.05) is 6.54 Å². The minimum Gasteiger partial charge on any atom is -0.297 e. The van der Waals surface area contributed by atoms with E-state index in [2.05, 4.69) is 16.3 Å². The summed E-state index contributed by atoms with van der Waals surface area (Å²) in [7, 11) is -4.02. The van der Waals surface area contributed by atoms with E-state index >= 15 is 0 Å². The SMILES string of the molecule is Cc1ccc(S(=O)(=O)O)cc1.O=C(C1CC1)C(c1ccccc1F)N1CCc2sccc2C1. The van der Waals surface area contributed by atoms with E-state index < -0.39 is 16.2 Å². The van der Waals surface area contributed by atoms with Gasteiger partial charge in [-0.2, -0.15) is 8.42 Å². The third kappa shape index (κ3) is 5.76. The van der Waals surface area contributed by atoms with Crippen LogP contribution in [0.15, 0.2) is 64.9 Å². The lowest BCUT2D eigenvalue weighted by Gasteiger charge is -2.34. The quantitative estimate of drug-likeness (QED) is 0.500. The molecular formula is C25H26FNO4S2. The summed E-state index contributed by atoms with van der Waals surface area (Å²) in [6, 6.07) is 14.4. The van der Waals surface area contributed by atoms with Crippen molar-refractivity contribution in [2.24, 2.45) is 5.92 Å². The Hall–Kier alpha value is -2.39. The first-order valence-electron chi connectivity index (χ1n) is 10.9. The van der Waals surface area contributed by atoms with Crippen LogP contribution in [0, 0.1) is 18.7 Å². The second kappa shape index (κ2) is 9.85. The topological polar surface area (TPSA) is 74.7 Å². The summed E-state index contributed by atoms with van der Waals surface area (Å²) in [6.07, 6.45) is 2.87. The fourth-order valence-corrected chi connectivity index (χ4v) is 5.39. The number of carbonyl (C=O) groups is 1. The number of nitrogens with zero attached hydrogens (tertiary/aromatic N) is 1. The van der Waals surface area contributed by atoms with Gasteiger partial charge in [0.25, 0.3) is 10.1 Å². The van der Waals surface area contributed by atoms with Crippen LogP contribution in [0.25, 0.3) is 0 Å². The van der Waals surface area contributed by atoms with Gasteiger partial charge in [0.05, 0.1) is 10.9 Å². The maximum atomic E-state index is 14.3. The summed E-state index contributed by atoms with van der Waals surface area (Å²) in [5, 5.41) is 2.11. The Labute approximate surface area is 197 Å². The van der Waals surface area contributed by atoms with Crippen LogP contribution in [0.3, 0.4) is 0 Å². The molecular weight excluding hydrogens is 461 g/mol. The highest BCUT2D eigenvalue weighted by Gasteiger charge is 2.40. The Balaban J connectivity index is 0.000000200. The van der Waals surface area contributed by atoms with E-state index in [1.807, 2.05) is 13.0 Å². The second-order valence-electron chi connectivity index (χ2n) is 8.48. The van der Waals surface area contributed by atoms with Crippen molar-refractivity contribution in [3.05, 3.63) is 87.4 Å². The number of hydrogen-bond acceptors (Lipinski definition) is 5. The number of hydrogen-bond donors (Lipinski definition) is 1. The van der Waals surface area contributed by atoms with Crippen molar-refractivity contribution >= 4 is 27.2 Å². The second-order valence-corrected chi connectivity index (χ2v) is 10.9. The molecule has 1 unspecified atom stereocenters. The number of aryl methyl sites for hydroxylation is 1. The van der Waals surface area contributed by atoms with Gasteiger partial charge >= 0.3 is 0 Å². The first-order chi connectivity index (χ1) is 15.7. The molecule has 174 valence electrons. The molecule has 8 heteroatoms. The summed E-state index contributed by atoms with van der Waals surface area (Å²) in [5.41, 5.74) is 2.79. The molecule has 1 fully saturated rings. The zero-order chi connectivity index (χ0) is 23.6. The monoisotopic (exact) mass is 487 g/mol. The van der Waals surface area contributed by atoms with E-state index in [0.29, 0.717) is 5.56 Å². The maximum Gasteiger partial charge on any atom is 0.294 e. The zero-order valence-corrected chi connectivity index (χ0v) is 19.9. The van der Waals surface area contributed by atoms with Crippen molar-refractivity contribution in [2.45, 2.75) is 43.7 Å². The van der Waals surface area contributed by atoms with Crippen LogP contribution in [-0.4, -0.2) is 30.2 Å². The van der Waals surface area contributed by atoms with E-state index in [1.54, 1.807) is 35.6 Å². The molecule has 1 aromatic heterocycles. The summed E-state index contributed by atoms with van der Waals surface area (Å²) in [5.74, 6) is 0.0647. The highest BCUT2D eigenvalue weighted by atomic mass is 32.2. The van der Waals surface area contributed by atoms with Crippen molar-refractivity contribution in [3.8, 4) is 0 Å². The maximum absolute atomic E-state index is 14.3. The Bertz CT molecular complexity index is 1230. The van der Waals surface area contributed by atoms with Gasteiger partial charge in [-0.3, -0.25) is 14.2 Å². The smallest absolute Gasteiger partial charge is 0.294 e. The molecule has 33 heavy (non-hydrogen) atoms. The summed E-state index contributed by atoms with van der Waals surface area (Å²) in [4.78, 5) is 16.3. The van der Waals surface area contributed by atoms with Crippen LogP contribution in [0.5, 0.6) is 0 Å². The van der Waals surface area contributed by atoms with Gasteiger partial charge in [0.15, 0.2) is 5.78 Å². The van der Waals surface area contributed by atoms with Gasteiger partial charge < -0.3 is 0 Å². The minimum atomic E-state index is -4.02. The van der Waals surface area contributed by atoms with Crippen molar-refractivity contribution in [1.29, 1.82) is 0 Å². The number of thiophene rings is 1. The Morgan fingerprint density at radius 1 is 1.12 bits per heavy atom. The largest absolute Gasteiger partial charge is 0.297 e. The Kier molecular flexibility index (Phi) is 7.09. The van der Waals surface area contributed by atoms with Crippen LogP contribution in [0.4, 0.5) is 4.39 Å². The average Bonchev–Trinajstić information content (AvgIpc) is 3.53. The number of halogens is 1. The Morgan fingerprint density at radius 3 is 2.45 bits per heavy atom. The highest BCUT2D eigenvalue weighted by molar-refractivity contribution is 7.85. The normalized spacial score (nSPS) is 16.9. The molecule has 3 aromatic rings. The minimum absolute atomic E-state index is 0.0666. The molecule has 0 amide bonds. The molecule has 1 saturated carbocycles. The predicted molar refractivity (Wildman–Crippen MR) is 126 cm³/mol. The summed E-state index contributed by atoms with van der Waals surface area (Å²) < 4.78 is 43.8. The van der Waals surface area contributed by atoms with Gasteiger partial charge in [-0.1, -0.05) is 35.9 Å². The van der Waals surface area contributed by atoms with Crippen LogP contribution in [-0.2, 0) is 27.9 Å². The zero-order valence-electron chi connectivity index (χ0n) is 18.3. The van der Waals surface area contributed by atoms with Crippen LogP contribution < -0.4 is 0 Å². The van der Waals surface area contributed by atoms with E-state index in [4.69, 9.17) is 4.55 Å². The average molecular weight is 488 g/mol. The molecule has 2 heterocycles. The van der Waals surface area contributed by atoms with Crippen molar-refractivity contribution < 1.29 is 22.2 Å². The van der Waals surface area contributed by atoms with Crippen molar-refractivity contribution in [1.82, 2.24) is 4.90 Å². The standard InChI is InChI=1S/C18H18FNOS.C7H8O3S/c19-15-4-2-1-3-14(15)17(18(21)12-5-6-12)20-9-7-16-13(11-20)8-10-22-16;1-6-2-4-7(5-3-6)11(8,9)10/h1-4,8,10,12,17H,5-7,9,11H2;2-5H,1H3,(H,8,9,10). The van der Waals surface area contributed by atoms with Gasteiger partial charge in [0, 0.05) is 29.4 Å².